The Kier molecular flexibility index (Phi) is 7.57. The number of amides is 1. The first kappa shape index (κ1) is 23.8. The van der Waals surface area contributed by atoms with E-state index in [1.165, 1.54) is 12.1 Å². The summed E-state index contributed by atoms with van der Waals surface area (Å²) in [5.74, 6) is 0.315. The van der Waals surface area contributed by atoms with E-state index in [1.54, 1.807) is 57.2 Å². The van der Waals surface area contributed by atoms with E-state index in [9.17, 15) is 13.2 Å². The predicted octanol–water partition coefficient (Wildman–Crippen LogP) is 3.68. The molecule has 1 amide bonds. The third-order valence-corrected chi connectivity index (χ3v) is 5.56. The Labute approximate surface area is 183 Å². The molecule has 0 saturated heterocycles. The average Bonchev–Trinajstić information content (AvgIpc) is 2.60. The van der Waals surface area contributed by atoms with Crippen molar-refractivity contribution < 1.29 is 17.9 Å². The molecule has 0 unspecified atom stereocenters. The van der Waals surface area contributed by atoms with Crippen molar-refractivity contribution in [2.75, 3.05) is 5.32 Å². The highest BCUT2D eigenvalue weighted by Gasteiger charge is 2.21. The zero-order valence-corrected chi connectivity index (χ0v) is 19.3. The first-order valence-corrected chi connectivity index (χ1v) is 11.3. The molecule has 0 aromatic heterocycles. The summed E-state index contributed by atoms with van der Waals surface area (Å²) in [4.78, 5) is 12.5. The molecule has 0 atom stereocenters. The zero-order chi connectivity index (χ0) is 22.5. The van der Waals surface area contributed by atoms with Crippen molar-refractivity contribution in [3.05, 3.63) is 54.1 Å². The van der Waals surface area contributed by atoms with Crippen molar-refractivity contribution in [3.8, 4) is 5.75 Å². The lowest BCUT2D eigenvalue weighted by Gasteiger charge is -2.20. The normalized spacial score (nSPS) is 11.8. The third-order valence-electron chi connectivity index (χ3n) is 3.58. The molecule has 0 aliphatic carbocycles. The van der Waals surface area contributed by atoms with Crippen LogP contribution in [0.25, 0.3) is 0 Å². The number of ether oxygens (including phenoxy) is 1. The maximum atomic E-state index is 12.3. The highest BCUT2D eigenvalue weighted by Crippen LogP contribution is 2.17. The predicted molar refractivity (Wildman–Crippen MR) is 122 cm³/mol. The number of hydrogen-bond donors (Lipinski definition) is 3. The molecule has 0 saturated carbocycles. The summed E-state index contributed by atoms with van der Waals surface area (Å²) in [6.45, 7) is 9.16. The van der Waals surface area contributed by atoms with E-state index in [-0.39, 0.29) is 22.0 Å². The van der Waals surface area contributed by atoms with E-state index in [1.807, 2.05) is 13.8 Å². The molecule has 0 heterocycles. The molecule has 0 spiro atoms. The van der Waals surface area contributed by atoms with Crippen LogP contribution in [0.15, 0.2) is 53.4 Å². The maximum absolute atomic E-state index is 12.3. The SMILES string of the molecule is CC(C)Oc1ccc(C(=O)NC(=S)Nc2ccc(S(=O)(=O)NC(C)(C)C)cc2)cc1. The summed E-state index contributed by atoms with van der Waals surface area (Å²) in [6.07, 6.45) is 0.0482. The number of nitrogens with one attached hydrogen (secondary N) is 3. The Morgan fingerprint density at radius 2 is 1.57 bits per heavy atom. The van der Waals surface area contributed by atoms with Crippen LogP contribution >= 0.6 is 12.2 Å². The van der Waals surface area contributed by atoms with Gasteiger partial charge in [0.25, 0.3) is 5.91 Å². The van der Waals surface area contributed by atoms with Gasteiger partial charge in [0.2, 0.25) is 10.0 Å². The molecule has 0 radical (unpaired) electrons. The molecule has 0 aliphatic heterocycles. The van der Waals surface area contributed by atoms with Crippen molar-refractivity contribution in [2.45, 2.75) is 51.2 Å². The second-order valence-electron chi connectivity index (χ2n) is 7.98. The van der Waals surface area contributed by atoms with Gasteiger partial charge < -0.3 is 10.1 Å². The quantitative estimate of drug-likeness (QED) is 0.582. The molecule has 162 valence electrons. The monoisotopic (exact) mass is 449 g/mol. The van der Waals surface area contributed by atoms with Crippen LogP contribution in [-0.4, -0.2) is 31.1 Å². The molecule has 0 bridgehead atoms. The molecular weight excluding hydrogens is 422 g/mol. The summed E-state index contributed by atoms with van der Waals surface area (Å²) in [6, 6.07) is 12.8. The number of carbonyl (C=O) groups excluding carboxylic acids is 1. The number of anilines is 1. The summed E-state index contributed by atoms with van der Waals surface area (Å²) < 4.78 is 32.8. The lowest BCUT2D eigenvalue weighted by atomic mass is 10.1. The zero-order valence-electron chi connectivity index (χ0n) is 17.6. The summed E-state index contributed by atoms with van der Waals surface area (Å²) in [5.41, 5.74) is 0.404. The topological polar surface area (TPSA) is 96.5 Å². The van der Waals surface area contributed by atoms with Gasteiger partial charge in [0, 0.05) is 16.8 Å². The number of sulfonamides is 1. The van der Waals surface area contributed by atoms with E-state index in [0.29, 0.717) is 17.0 Å². The van der Waals surface area contributed by atoms with E-state index < -0.39 is 15.6 Å². The van der Waals surface area contributed by atoms with Gasteiger partial charge >= 0.3 is 0 Å². The van der Waals surface area contributed by atoms with Crippen LogP contribution in [-0.2, 0) is 10.0 Å². The summed E-state index contributed by atoms with van der Waals surface area (Å²) >= 11 is 5.17. The van der Waals surface area contributed by atoms with Gasteiger partial charge in [-0.25, -0.2) is 13.1 Å². The van der Waals surface area contributed by atoms with Crippen molar-refractivity contribution in [1.82, 2.24) is 10.0 Å². The Morgan fingerprint density at radius 1 is 1.00 bits per heavy atom. The number of rotatable bonds is 6. The molecule has 9 heteroatoms. The molecule has 0 aliphatic rings. The van der Waals surface area contributed by atoms with Gasteiger partial charge in [0.15, 0.2) is 5.11 Å². The third kappa shape index (κ3) is 7.40. The van der Waals surface area contributed by atoms with E-state index in [2.05, 4.69) is 15.4 Å². The van der Waals surface area contributed by atoms with E-state index >= 15 is 0 Å². The number of carbonyl (C=O) groups is 1. The van der Waals surface area contributed by atoms with Crippen LogP contribution in [0.3, 0.4) is 0 Å². The van der Waals surface area contributed by atoms with Crippen LogP contribution in [0.1, 0.15) is 45.0 Å². The van der Waals surface area contributed by atoms with Crippen molar-refractivity contribution in [3.63, 3.8) is 0 Å². The van der Waals surface area contributed by atoms with Gasteiger partial charge in [0.1, 0.15) is 5.75 Å². The Bertz CT molecular complexity index is 994. The van der Waals surface area contributed by atoms with Gasteiger partial charge in [-0.05, 0) is 95.4 Å². The number of hydrogen-bond acceptors (Lipinski definition) is 5. The van der Waals surface area contributed by atoms with Crippen LogP contribution in [0.2, 0.25) is 0 Å². The molecule has 7 nitrogen and oxygen atoms in total. The molecule has 3 N–H and O–H groups in total. The fourth-order valence-corrected chi connectivity index (χ4v) is 4.10. The average molecular weight is 450 g/mol. The molecule has 0 fully saturated rings. The lowest BCUT2D eigenvalue weighted by Crippen LogP contribution is -2.40. The van der Waals surface area contributed by atoms with E-state index in [0.717, 1.165) is 0 Å². The van der Waals surface area contributed by atoms with E-state index in [4.69, 9.17) is 17.0 Å². The molecule has 30 heavy (non-hydrogen) atoms. The number of benzene rings is 2. The fraction of sp³-hybridized carbons (Fsp3) is 0.333. The van der Waals surface area contributed by atoms with Crippen LogP contribution in [0, 0.1) is 0 Å². The van der Waals surface area contributed by atoms with Crippen molar-refractivity contribution in [2.24, 2.45) is 0 Å². The second kappa shape index (κ2) is 9.55. The lowest BCUT2D eigenvalue weighted by molar-refractivity contribution is 0.0977. The Balaban J connectivity index is 1.97. The minimum Gasteiger partial charge on any atom is -0.491 e. The summed E-state index contributed by atoms with van der Waals surface area (Å²) in [5, 5.41) is 5.56. The van der Waals surface area contributed by atoms with Crippen molar-refractivity contribution >= 4 is 38.9 Å². The van der Waals surface area contributed by atoms with Gasteiger partial charge in [-0.1, -0.05) is 0 Å². The molecule has 2 rings (SSSR count). The van der Waals surface area contributed by atoms with Crippen LogP contribution in [0.5, 0.6) is 5.75 Å². The molecule has 2 aromatic carbocycles. The van der Waals surface area contributed by atoms with Crippen molar-refractivity contribution in [1.29, 1.82) is 0 Å². The highest BCUT2D eigenvalue weighted by molar-refractivity contribution is 7.89. The fourth-order valence-electron chi connectivity index (χ4n) is 2.47. The minimum atomic E-state index is -3.62. The molecule has 2 aromatic rings. The van der Waals surface area contributed by atoms with Gasteiger partial charge in [-0.15, -0.1) is 0 Å². The summed E-state index contributed by atoms with van der Waals surface area (Å²) in [7, 11) is -3.62. The minimum absolute atomic E-state index is 0.0482. The number of thiocarbonyl (C=S) groups is 1. The largest absolute Gasteiger partial charge is 0.491 e. The second-order valence-corrected chi connectivity index (χ2v) is 10.1. The first-order chi connectivity index (χ1) is 13.9. The van der Waals surface area contributed by atoms with Gasteiger partial charge in [0.05, 0.1) is 11.0 Å². The smallest absolute Gasteiger partial charge is 0.257 e. The van der Waals surface area contributed by atoms with Gasteiger partial charge in [-0.2, -0.15) is 0 Å². The maximum Gasteiger partial charge on any atom is 0.257 e. The Hall–Kier alpha value is -2.49. The first-order valence-electron chi connectivity index (χ1n) is 9.39. The Morgan fingerprint density at radius 3 is 2.07 bits per heavy atom. The highest BCUT2D eigenvalue weighted by atomic mass is 32.2. The standard InChI is InChI=1S/C21H27N3O4S2/c1-14(2)28-17-10-6-15(7-11-17)19(25)23-20(29)22-16-8-12-18(13-9-16)30(26,27)24-21(3,4)5/h6-14,24H,1-5H3,(H2,22,23,25,29). The van der Waals surface area contributed by atoms with Crippen LogP contribution in [0.4, 0.5) is 5.69 Å². The molecular formula is C21H27N3O4S2. The van der Waals surface area contributed by atoms with Crippen LogP contribution < -0.4 is 20.1 Å². The van der Waals surface area contributed by atoms with Gasteiger partial charge in [-0.3, -0.25) is 10.1 Å².